The van der Waals surface area contributed by atoms with E-state index in [1.54, 1.807) is 0 Å². The van der Waals surface area contributed by atoms with E-state index in [4.69, 9.17) is 16.4 Å². The molecule has 0 N–H and O–H groups in total. The van der Waals surface area contributed by atoms with E-state index in [0.29, 0.717) is 6.54 Å². The Bertz CT molecular complexity index is 397. The second kappa shape index (κ2) is 4.41. The second-order valence-electron chi connectivity index (χ2n) is 3.22. The summed E-state index contributed by atoms with van der Waals surface area (Å²) in [6.07, 6.45) is 0.789. The number of alkyl halides is 1. The van der Waals surface area contributed by atoms with Gasteiger partial charge in [-0.15, -0.1) is 11.6 Å². The lowest BCUT2D eigenvalue weighted by molar-refractivity contribution is -0.156. The Morgan fingerprint density at radius 3 is 3.13 bits per heavy atom. The lowest BCUT2D eigenvalue weighted by atomic mass is 10.1. The van der Waals surface area contributed by atoms with E-state index < -0.39 is 0 Å². The number of hydrogen-bond donors (Lipinski definition) is 0. The Labute approximate surface area is 101 Å². The van der Waals surface area contributed by atoms with Crippen LogP contribution in [0.3, 0.4) is 0 Å². The molecule has 0 fully saturated rings. The Balaban J connectivity index is 2.20. The van der Waals surface area contributed by atoms with E-state index in [9.17, 15) is 4.79 Å². The molecule has 0 unspecified atom stereocenters. The number of fused-ring (bicyclic) bond motifs is 1. The molecule has 0 aromatic heterocycles. The van der Waals surface area contributed by atoms with Gasteiger partial charge in [-0.05, 0) is 24.6 Å². The fourth-order valence-corrected chi connectivity index (χ4v) is 2.00. The lowest BCUT2D eigenvalue weighted by Gasteiger charge is -2.27. The fourth-order valence-electron chi connectivity index (χ4n) is 1.46. The molecule has 1 aromatic carbocycles. The van der Waals surface area contributed by atoms with Crippen molar-refractivity contribution in [1.82, 2.24) is 5.06 Å². The average molecular weight is 291 g/mol. The van der Waals surface area contributed by atoms with E-state index in [2.05, 4.69) is 15.9 Å². The summed E-state index contributed by atoms with van der Waals surface area (Å²) in [5, 5.41) is 1.31. The molecular weight excluding hydrogens is 281 g/mol. The highest BCUT2D eigenvalue weighted by atomic mass is 79.9. The summed E-state index contributed by atoms with van der Waals surface area (Å²) in [5.41, 5.74) is 1.10. The predicted octanol–water partition coefficient (Wildman–Crippen LogP) is 2.37. The molecule has 15 heavy (non-hydrogen) atoms. The Morgan fingerprint density at radius 1 is 1.60 bits per heavy atom. The average Bonchev–Trinajstić information content (AvgIpc) is 2.27. The monoisotopic (exact) mass is 289 g/mol. The van der Waals surface area contributed by atoms with Crippen LogP contribution in [0.5, 0.6) is 5.75 Å². The molecule has 1 heterocycles. The third kappa shape index (κ3) is 2.26. The van der Waals surface area contributed by atoms with Gasteiger partial charge in [0.25, 0.3) is 5.91 Å². The van der Waals surface area contributed by atoms with E-state index in [-0.39, 0.29) is 11.8 Å². The zero-order chi connectivity index (χ0) is 10.8. The Kier molecular flexibility index (Phi) is 3.17. The first-order valence-corrected chi connectivity index (χ1v) is 5.86. The van der Waals surface area contributed by atoms with E-state index >= 15 is 0 Å². The number of amides is 1. The van der Waals surface area contributed by atoms with Crippen LogP contribution in [0.4, 0.5) is 0 Å². The maximum absolute atomic E-state index is 11.3. The number of nitrogens with zero attached hydrogens (tertiary/aromatic N) is 1. The number of halogens is 2. The van der Waals surface area contributed by atoms with Crippen molar-refractivity contribution in [3.05, 3.63) is 28.2 Å². The smallest absolute Gasteiger partial charge is 0.270 e. The molecular formula is C10H9BrClNO2. The molecule has 5 heteroatoms. The third-order valence-corrected chi connectivity index (χ3v) is 2.93. The number of carbonyl (C=O) groups excluding carboxylic acids is 1. The highest BCUT2D eigenvalue weighted by Crippen LogP contribution is 2.27. The van der Waals surface area contributed by atoms with Crippen molar-refractivity contribution in [3.8, 4) is 5.75 Å². The highest BCUT2D eigenvalue weighted by molar-refractivity contribution is 9.10. The summed E-state index contributed by atoms with van der Waals surface area (Å²) in [4.78, 5) is 16.7. The van der Waals surface area contributed by atoms with Crippen LogP contribution in [-0.2, 0) is 11.2 Å². The molecule has 0 saturated heterocycles. The Morgan fingerprint density at radius 2 is 2.40 bits per heavy atom. The molecule has 0 aliphatic carbocycles. The molecule has 0 radical (unpaired) electrons. The Hall–Kier alpha value is -0.740. The predicted molar refractivity (Wildman–Crippen MR) is 60.9 cm³/mol. The fraction of sp³-hybridized carbons (Fsp3) is 0.300. The molecule has 0 spiro atoms. The first kappa shape index (κ1) is 10.8. The quantitative estimate of drug-likeness (QED) is 0.743. The van der Waals surface area contributed by atoms with Gasteiger partial charge in [0.15, 0.2) is 5.75 Å². The van der Waals surface area contributed by atoms with Gasteiger partial charge in [0, 0.05) is 10.0 Å². The number of hydroxylamine groups is 2. The molecule has 1 aliphatic rings. The van der Waals surface area contributed by atoms with Crippen molar-refractivity contribution in [2.45, 2.75) is 6.42 Å². The number of carbonyl (C=O) groups is 1. The molecule has 3 nitrogen and oxygen atoms in total. The van der Waals surface area contributed by atoms with Crippen LogP contribution >= 0.6 is 27.5 Å². The van der Waals surface area contributed by atoms with Crippen LogP contribution in [0.2, 0.25) is 0 Å². The number of hydrogen-bond acceptors (Lipinski definition) is 2. The first-order valence-electron chi connectivity index (χ1n) is 4.53. The van der Waals surface area contributed by atoms with Crippen molar-refractivity contribution >= 4 is 33.4 Å². The summed E-state index contributed by atoms with van der Waals surface area (Å²) in [6.45, 7) is 0.551. The van der Waals surface area contributed by atoms with Crippen LogP contribution < -0.4 is 4.84 Å². The van der Waals surface area contributed by atoms with Gasteiger partial charge in [0.2, 0.25) is 0 Å². The standard InChI is InChI=1S/C10H9BrClNO2/c11-8-1-2-9-7(5-8)3-4-13(15-9)10(14)6-12/h1-2,5H,3-4,6H2. The van der Waals surface area contributed by atoms with Crippen LogP contribution in [0.1, 0.15) is 5.56 Å². The summed E-state index contributed by atoms with van der Waals surface area (Å²) in [6, 6.07) is 5.72. The summed E-state index contributed by atoms with van der Waals surface area (Å²) >= 11 is 8.85. The number of benzene rings is 1. The normalized spacial score (nSPS) is 14.4. The van der Waals surface area contributed by atoms with E-state index in [1.807, 2.05) is 18.2 Å². The summed E-state index contributed by atoms with van der Waals surface area (Å²) < 4.78 is 1.02. The topological polar surface area (TPSA) is 29.5 Å². The molecule has 1 amide bonds. The minimum absolute atomic E-state index is 0.0497. The first-order chi connectivity index (χ1) is 7.20. The van der Waals surface area contributed by atoms with E-state index in [1.165, 1.54) is 5.06 Å². The molecule has 1 aliphatic heterocycles. The summed E-state index contributed by atoms with van der Waals surface area (Å²) in [5.74, 6) is 0.472. The molecule has 0 atom stereocenters. The van der Waals surface area contributed by atoms with Crippen LogP contribution in [0.25, 0.3) is 0 Å². The van der Waals surface area contributed by atoms with Crippen LogP contribution in [-0.4, -0.2) is 23.4 Å². The minimum atomic E-state index is -0.203. The lowest BCUT2D eigenvalue weighted by Crippen LogP contribution is -2.39. The molecule has 0 saturated carbocycles. The van der Waals surface area contributed by atoms with Crippen LogP contribution in [0, 0.1) is 0 Å². The van der Waals surface area contributed by atoms with E-state index in [0.717, 1.165) is 22.2 Å². The van der Waals surface area contributed by atoms with Crippen molar-refractivity contribution in [3.63, 3.8) is 0 Å². The van der Waals surface area contributed by atoms with Gasteiger partial charge in [-0.1, -0.05) is 15.9 Å². The largest absolute Gasteiger partial charge is 0.377 e. The second-order valence-corrected chi connectivity index (χ2v) is 4.41. The van der Waals surface area contributed by atoms with Gasteiger partial charge in [0.05, 0.1) is 6.54 Å². The van der Waals surface area contributed by atoms with Crippen molar-refractivity contribution in [2.24, 2.45) is 0 Å². The van der Waals surface area contributed by atoms with Gasteiger partial charge in [-0.3, -0.25) is 4.79 Å². The van der Waals surface area contributed by atoms with Gasteiger partial charge in [-0.25, -0.2) is 0 Å². The van der Waals surface area contributed by atoms with Crippen molar-refractivity contribution in [2.75, 3.05) is 12.4 Å². The van der Waals surface area contributed by atoms with Gasteiger partial charge >= 0.3 is 0 Å². The SMILES string of the molecule is O=C(CCl)N1CCc2cc(Br)ccc2O1. The maximum atomic E-state index is 11.3. The molecule has 1 aromatic rings. The van der Waals surface area contributed by atoms with Crippen LogP contribution in [0.15, 0.2) is 22.7 Å². The highest BCUT2D eigenvalue weighted by Gasteiger charge is 2.21. The van der Waals surface area contributed by atoms with Crippen molar-refractivity contribution < 1.29 is 9.63 Å². The molecule has 2 rings (SSSR count). The van der Waals surface area contributed by atoms with Gasteiger partial charge < -0.3 is 4.84 Å². The zero-order valence-electron chi connectivity index (χ0n) is 7.87. The van der Waals surface area contributed by atoms with Crippen molar-refractivity contribution in [1.29, 1.82) is 0 Å². The maximum Gasteiger partial charge on any atom is 0.270 e. The molecule has 80 valence electrons. The summed E-state index contributed by atoms with van der Waals surface area (Å²) in [7, 11) is 0. The minimum Gasteiger partial charge on any atom is -0.377 e. The third-order valence-electron chi connectivity index (χ3n) is 2.21. The van der Waals surface area contributed by atoms with Gasteiger partial charge in [-0.2, -0.15) is 5.06 Å². The molecule has 0 bridgehead atoms. The zero-order valence-corrected chi connectivity index (χ0v) is 10.2. The van der Waals surface area contributed by atoms with Gasteiger partial charge in [0.1, 0.15) is 5.88 Å². The number of rotatable bonds is 1.